The molecule has 2 atom stereocenters. The molecule has 0 aliphatic carbocycles. The third-order valence-electron chi connectivity index (χ3n) is 2.93. The zero-order valence-electron chi connectivity index (χ0n) is 10.1. The molecule has 0 fully saturated rings. The highest BCUT2D eigenvalue weighted by Crippen LogP contribution is 2.24. The second-order valence-corrected chi connectivity index (χ2v) is 6.45. The molecule has 0 aliphatic heterocycles. The average molecular weight is 259 g/mol. The van der Waals surface area contributed by atoms with E-state index in [9.17, 15) is 12.8 Å². The maximum atomic E-state index is 13.6. The van der Waals surface area contributed by atoms with Crippen molar-refractivity contribution < 1.29 is 12.8 Å². The molecule has 0 radical (unpaired) electrons. The van der Waals surface area contributed by atoms with Crippen LogP contribution in [0.1, 0.15) is 31.9 Å². The van der Waals surface area contributed by atoms with E-state index in [1.54, 1.807) is 26.0 Å². The molecule has 0 aliphatic rings. The molecule has 1 aromatic carbocycles. The van der Waals surface area contributed by atoms with E-state index in [4.69, 9.17) is 5.73 Å². The zero-order chi connectivity index (χ0) is 13.1. The lowest BCUT2D eigenvalue weighted by Crippen LogP contribution is -2.34. The molecule has 0 saturated heterocycles. The molecule has 17 heavy (non-hydrogen) atoms. The van der Waals surface area contributed by atoms with Gasteiger partial charge in [-0.2, -0.15) is 0 Å². The molecule has 2 N–H and O–H groups in total. The molecule has 0 amide bonds. The molecule has 0 spiro atoms. The summed E-state index contributed by atoms with van der Waals surface area (Å²) >= 11 is 0. The second kappa shape index (κ2) is 5.60. The summed E-state index contributed by atoms with van der Waals surface area (Å²) in [5, 5.41) is -0.732. The van der Waals surface area contributed by atoms with Crippen LogP contribution in [-0.2, 0) is 9.84 Å². The molecule has 5 heteroatoms. The molecule has 0 bridgehead atoms. The maximum Gasteiger partial charge on any atom is 0.154 e. The third-order valence-corrected chi connectivity index (χ3v) is 5.28. The minimum Gasteiger partial charge on any atom is -0.323 e. The van der Waals surface area contributed by atoms with Crippen LogP contribution >= 0.6 is 0 Å². The monoisotopic (exact) mass is 259 g/mol. The Morgan fingerprint density at radius 1 is 1.29 bits per heavy atom. The number of nitrogens with two attached hydrogens (primary N) is 1. The van der Waals surface area contributed by atoms with E-state index in [2.05, 4.69) is 0 Å². The van der Waals surface area contributed by atoms with E-state index in [1.807, 2.05) is 0 Å². The van der Waals surface area contributed by atoms with Crippen LogP contribution in [-0.4, -0.2) is 19.4 Å². The van der Waals surface area contributed by atoms with Crippen molar-refractivity contribution in [2.75, 3.05) is 5.75 Å². The van der Waals surface area contributed by atoms with Gasteiger partial charge in [0.05, 0.1) is 5.25 Å². The summed E-state index contributed by atoms with van der Waals surface area (Å²) in [6.45, 7) is 3.32. The zero-order valence-corrected chi connectivity index (χ0v) is 10.9. The van der Waals surface area contributed by atoms with Crippen molar-refractivity contribution in [3.05, 3.63) is 35.6 Å². The number of hydrogen-bond donors (Lipinski definition) is 1. The number of sulfone groups is 1. The van der Waals surface area contributed by atoms with Gasteiger partial charge in [-0.05, 0) is 12.5 Å². The van der Waals surface area contributed by atoms with Crippen LogP contribution in [0.15, 0.2) is 24.3 Å². The van der Waals surface area contributed by atoms with Crippen LogP contribution in [0.5, 0.6) is 0 Å². The van der Waals surface area contributed by atoms with Gasteiger partial charge < -0.3 is 5.73 Å². The van der Waals surface area contributed by atoms with Crippen molar-refractivity contribution in [3.63, 3.8) is 0 Å². The highest BCUT2D eigenvalue weighted by Gasteiger charge is 2.30. The van der Waals surface area contributed by atoms with Gasteiger partial charge in [0.1, 0.15) is 5.82 Å². The number of rotatable bonds is 5. The Morgan fingerprint density at radius 3 is 2.35 bits per heavy atom. The fourth-order valence-electron chi connectivity index (χ4n) is 1.89. The summed E-state index contributed by atoms with van der Waals surface area (Å²) in [5.41, 5.74) is 6.15. The summed E-state index contributed by atoms with van der Waals surface area (Å²) in [7, 11) is -3.27. The number of benzene rings is 1. The minimum absolute atomic E-state index is 0.0215. The van der Waals surface area contributed by atoms with E-state index >= 15 is 0 Å². The van der Waals surface area contributed by atoms with E-state index in [0.717, 1.165) is 0 Å². The highest BCUT2D eigenvalue weighted by atomic mass is 32.2. The first-order chi connectivity index (χ1) is 7.94. The van der Waals surface area contributed by atoms with Crippen LogP contribution < -0.4 is 5.73 Å². The topological polar surface area (TPSA) is 60.2 Å². The Bertz CT molecular complexity index is 473. The van der Waals surface area contributed by atoms with E-state index < -0.39 is 26.9 Å². The second-order valence-electron chi connectivity index (χ2n) is 3.95. The van der Waals surface area contributed by atoms with E-state index in [0.29, 0.717) is 6.42 Å². The Kier molecular flexibility index (Phi) is 4.65. The number of hydrogen-bond acceptors (Lipinski definition) is 3. The summed E-state index contributed by atoms with van der Waals surface area (Å²) in [6, 6.07) is 5.23. The summed E-state index contributed by atoms with van der Waals surface area (Å²) in [5.74, 6) is -0.432. The lowest BCUT2D eigenvalue weighted by molar-refractivity contribution is 0.529. The molecule has 3 nitrogen and oxygen atoms in total. The molecule has 2 unspecified atom stereocenters. The fraction of sp³-hybridized carbons (Fsp3) is 0.500. The van der Waals surface area contributed by atoms with E-state index in [-0.39, 0.29) is 11.3 Å². The van der Waals surface area contributed by atoms with Crippen LogP contribution in [0.2, 0.25) is 0 Å². The largest absolute Gasteiger partial charge is 0.323 e. The normalized spacial score (nSPS) is 15.5. The molecule has 0 aromatic heterocycles. The minimum atomic E-state index is -3.27. The van der Waals surface area contributed by atoms with Gasteiger partial charge in [0, 0.05) is 17.4 Å². The summed E-state index contributed by atoms with van der Waals surface area (Å²) < 4.78 is 37.3. The SMILES string of the molecule is CCC(C(N)c1ccccc1F)S(=O)(=O)CC. The third kappa shape index (κ3) is 3.04. The van der Waals surface area contributed by atoms with Gasteiger partial charge in [0.2, 0.25) is 0 Å². The first kappa shape index (κ1) is 14.1. The first-order valence-electron chi connectivity index (χ1n) is 5.65. The van der Waals surface area contributed by atoms with Crippen molar-refractivity contribution >= 4 is 9.84 Å². The van der Waals surface area contributed by atoms with Crippen LogP contribution in [0.4, 0.5) is 4.39 Å². The maximum absolute atomic E-state index is 13.6. The molecule has 0 heterocycles. The average Bonchev–Trinajstić information content (AvgIpc) is 2.30. The summed E-state index contributed by atoms with van der Waals surface area (Å²) in [4.78, 5) is 0. The lowest BCUT2D eigenvalue weighted by Gasteiger charge is -2.22. The van der Waals surface area contributed by atoms with Gasteiger partial charge in [-0.25, -0.2) is 12.8 Å². The molecule has 1 rings (SSSR count). The van der Waals surface area contributed by atoms with Gasteiger partial charge in [-0.15, -0.1) is 0 Å². The Labute approximate surface area is 102 Å². The van der Waals surface area contributed by atoms with Crippen LogP contribution in [0.3, 0.4) is 0 Å². The van der Waals surface area contributed by atoms with Gasteiger partial charge >= 0.3 is 0 Å². The van der Waals surface area contributed by atoms with Gasteiger partial charge in [0.15, 0.2) is 9.84 Å². The first-order valence-corrected chi connectivity index (χ1v) is 7.37. The molecular formula is C12H18FNO2S. The highest BCUT2D eigenvalue weighted by molar-refractivity contribution is 7.92. The molecule has 96 valence electrons. The Balaban J connectivity index is 3.11. The van der Waals surface area contributed by atoms with Crippen molar-refractivity contribution in [2.24, 2.45) is 5.73 Å². The summed E-state index contributed by atoms with van der Waals surface area (Å²) in [6.07, 6.45) is 0.381. The van der Waals surface area contributed by atoms with Crippen molar-refractivity contribution in [1.29, 1.82) is 0 Å². The lowest BCUT2D eigenvalue weighted by atomic mass is 10.0. The fourth-order valence-corrected chi connectivity index (χ4v) is 3.42. The molecular weight excluding hydrogens is 241 g/mol. The molecule has 1 aromatic rings. The number of halogens is 1. The van der Waals surface area contributed by atoms with E-state index in [1.165, 1.54) is 12.1 Å². The molecule has 0 saturated carbocycles. The van der Waals surface area contributed by atoms with Crippen LogP contribution in [0, 0.1) is 5.82 Å². The van der Waals surface area contributed by atoms with Gasteiger partial charge in [-0.3, -0.25) is 0 Å². The van der Waals surface area contributed by atoms with Crippen molar-refractivity contribution in [3.8, 4) is 0 Å². The quantitative estimate of drug-likeness (QED) is 0.880. The van der Waals surface area contributed by atoms with Crippen molar-refractivity contribution in [1.82, 2.24) is 0 Å². The van der Waals surface area contributed by atoms with Crippen molar-refractivity contribution in [2.45, 2.75) is 31.6 Å². The Hall–Kier alpha value is -0.940. The smallest absolute Gasteiger partial charge is 0.154 e. The van der Waals surface area contributed by atoms with Crippen LogP contribution in [0.25, 0.3) is 0 Å². The predicted molar refractivity (Wildman–Crippen MR) is 66.9 cm³/mol. The predicted octanol–water partition coefficient (Wildman–Crippen LogP) is 2.04. The van der Waals surface area contributed by atoms with Gasteiger partial charge in [-0.1, -0.05) is 32.0 Å². The Morgan fingerprint density at radius 2 is 1.88 bits per heavy atom. The van der Waals surface area contributed by atoms with Gasteiger partial charge in [0.25, 0.3) is 0 Å². The standard InChI is InChI=1S/C12H18FNO2S/c1-3-11(17(15,16)4-2)12(14)9-7-5-6-8-10(9)13/h5-8,11-12H,3-4,14H2,1-2H3.